The second-order valence-corrected chi connectivity index (χ2v) is 2.11. The summed E-state index contributed by atoms with van der Waals surface area (Å²) in [7, 11) is 1.68. The van der Waals surface area contributed by atoms with Crippen LogP contribution in [0.5, 0.6) is 0 Å². The predicted molar refractivity (Wildman–Crippen MR) is 54.2 cm³/mol. The third-order valence-electron chi connectivity index (χ3n) is 0.754. The van der Waals surface area contributed by atoms with E-state index in [9.17, 15) is 4.79 Å². The zero-order valence-electron chi connectivity index (χ0n) is 8.99. The van der Waals surface area contributed by atoms with Gasteiger partial charge in [0.2, 0.25) is 0 Å². The largest absolute Gasteiger partial charge is 0.478 e. The maximum atomic E-state index is 9.60. The van der Waals surface area contributed by atoms with Gasteiger partial charge in [0.25, 0.3) is 0 Å². The molecule has 14 heavy (non-hydrogen) atoms. The Balaban J connectivity index is -0.000000135. The summed E-state index contributed by atoms with van der Waals surface area (Å²) >= 11 is 0. The smallest absolute Gasteiger partial charge is 0.330 e. The van der Waals surface area contributed by atoms with Gasteiger partial charge in [0, 0.05) is 19.3 Å². The fourth-order valence-electron chi connectivity index (χ4n) is 0. The zero-order chi connectivity index (χ0) is 12.0. The van der Waals surface area contributed by atoms with Gasteiger partial charge in [0.1, 0.15) is 0 Å². The Morgan fingerprint density at radius 3 is 1.57 bits per heavy atom. The molecule has 0 saturated carbocycles. The maximum Gasteiger partial charge on any atom is 0.330 e. The lowest BCUT2D eigenvalue weighted by Gasteiger charge is -1.79. The highest BCUT2D eigenvalue weighted by molar-refractivity contribution is 5.84. The third-order valence-corrected chi connectivity index (χ3v) is 0.754. The summed E-state index contributed by atoms with van der Waals surface area (Å²) in [4.78, 5) is 9.60. The monoisotopic (exact) mass is 208 g/mol. The molecule has 0 atom stereocenters. The molecule has 0 aromatic rings. The molecule has 0 amide bonds. The molecule has 5 heteroatoms. The lowest BCUT2D eigenvalue weighted by Crippen LogP contribution is -1.92. The van der Waals surface area contributed by atoms with Crippen molar-refractivity contribution in [2.75, 3.05) is 26.9 Å². The van der Waals surface area contributed by atoms with Crippen LogP contribution in [0.25, 0.3) is 0 Å². The Labute approximate surface area is 84.6 Å². The normalized spacial score (nSPS) is 7.50. The minimum atomic E-state index is -0.935. The van der Waals surface area contributed by atoms with E-state index in [0.717, 1.165) is 6.61 Å². The maximum absolute atomic E-state index is 9.60. The number of aliphatic carboxylic acids is 1. The number of carboxylic acids is 1. The average Bonchev–Trinajstić information content (AvgIpc) is 2.18. The standard InChI is InChI=1S/C4H6O2.C3H8O.C2H6O2/c1-3(2)4(5)6;1-3-4-2;3-1-2-4/h1H2,2H3,(H,5,6);3H2,1-2H3;3-4H,1-2H2. The van der Waals surface area contributed by atoms with E-state index in [1.54, 1.807) is 7.11 Å². The van der Waals surface area contributed by atoms with E-state index in [2.05, 4.69) is 11.3 Å². The van der Waals surface area contributed by atoms with Crippen LogP contribution in [0.2, 0.25) is 0 Å². The molecule has 0 aliphatic heterocycles. The summed E-state index contributed by atoms with van der Waals surface area (Å²) in [6, 6.07) is 0. The van der Waals surface area contributed by atoms with Crippen LogP contribution in [0.4, 0.5) is 0 Å². The SMILES string of the molecule is C=C(C)C(=O)O.CCOC.OCCO. The molecule has 0 fully saturated rings. The molecule has 0 rings (SSSR count). The van der Waals surface area contributed by atoms with E-state index in [0.29, 0.717) is 0 Å². The van der Waals surface area contributed by atoms with Gasteiger partial charge in [-0.2, -0.15) is 0 Å². The number of carboxylic acid groups (broad SMARTS) is 1. The number of methoxy groups -OCH3 is 1. The van der Waals surface area contributed by atoms with Crippen molar-refractivity contribution in [3.63, 3.8) is 0 Å². The molecule has 86 valence electrons. The second kappa shape index (κ2) is 18.0. The Hall–Kier alpha value is -0.910. The molecule has 0 aliphatic rings. The molecule has 0 bridgehead atoms. The summed E-state index contributed by atoms with van der Waals surface area (Å²) in [5.74, 6) is -0.935. The molecular formula is C9H20O5. The molecule has 3 N–H and O–H groups in total. The van der Waals surface area contributed by atoms with Gasteiger partial charge in [0.05, 0.1) is 13.2 Å². The summed E-state index contributed by atoms with van der Waals surface area (Å²) in [6.45, 7) is 7.13. The molecule has 0 aromatic heterocycles. The van der Waals surface area contributed by atoms with E-state index in [1.807, 2.05) is 6.92 Å². The average molecular weight is 208 g/mol. The van der Waals surface area contributed by atoms with Crippen LogP contribution in [0.1, 0.15) is 13.8 Å². The molecule has 0 heterocycles. The molecule has 0 aliphatic carbocycles. The zero-order valence-corrected chi connectivity index (χ0v) is 8.99. The summed E-state index contributed by atoms with van der Waals surface area (Å²) < 4.78 is 4.54. The van der Waals surface area contributed by atoms with Gasteiger partial charge in [-0.1, -0.05) is 6.58 Å². The number of hydrogen-bond donors (Lipinski definition) is 3. The minimum Gasteiger partial charge on any atom is -0.478 e. The van der Waals surface area contributed by atoms with E-state index in [-0.39, 0.29) is 18.8 Å². The lowest BCUT2D eigenvalue weighted by atomic mass is 10.4. The first-order valence-electron chi connectivity index (χ1n) is 4.07. The minimum absolute atomic E-state index is 0.125. The van der Waals surface area contributed by atoms with Crippen LogP contribution in [-0.4, -0.2) is 48.2 Å². The number of aliphatic hydroxyl groups excluding tert-OH is 2. The lowest BCUT2D eigenvalue weighted by molar-refractivity contribution is -0.132. The van der Waals surface area contributed by atoms with E-state index in [1.165, 1.54) is 6.92 Å². The van der Waals surface area contributed by atoms with Crippen LogP contribution < -0.4 is 0 Å². The first-order valence-corrected chi connectivity index (χ1v) is 4.07. The highest BCUT2D eigenvalue weighted by atomic mass is 16.5. The number of carbonyl (C=O) groups is 1. The van der Waals surface area contributed by atoms with Gasteiger partial charge in [-0.25, -0.2) is 4.79 Å². The van der Waals surface area contributed by atoms with Gasteiger partial charge in [-0.3, -0.25) is 0 Å². The predicted octanol–water partition coefficient (Wildman–Crippen LogP) is 0.271. The van der Waals surface area contributed by atoms with Crippen LogP contribution in [0, 0.1) is 0 Å². The summed E-state index contributed by atoms with van der Waals surface area (Å²) in [6.07, 6.45) is 0. The fraction of sp³-hybridized carbons (Fsp3) is 0.667. The fourth-order valence-corrected chi connectivity index (χ4v) is 0. The van der Waals surface area contributed by atoms with Crippen molar-refractivity contribution in [2.45, 2.75) is 13.8 Å². The van der Waals surface area contributed by atoms with Crippen molar-refractivity contribution < 1.29 is 24.9 Å². The van der Waals surface area contributed by atoms with Crippen molar-refractivity contribution in [3.8, 4) is 0 Å². The van der Waals surface area contributed by atoms with Crippen molar-refractivity contribution in [3.05, 3.63) is 12.2 Å². The Bertz CT molecular complexity index is 113. The van der Waals surface area contributed by atoms with Crippen LogP contribution in [0.3, 0.4) is 0 Å². The Morgan fingerprint density at radius 1 is 1.36 bits per heavy atom. The van der Waals surface area contributed by atoms with E-state index in [4.69, 9.17) is 15.3 Å². The van der Waals surface area contributed by atoms with E-state index >= 15 is 0 Å². The summed E-state index contributed by atoms with van der Waals surface area (Å²) in [5, 5.41) is 23.1. The van der Waals surface area contributed by atoms with Gasteiger partial charge in [-0.15, -0.1) is 0 Å². The van der Waals surface area contributed by atoms with Crippen molar-refractivity contribution in [2.24, 2.45) is 0 Å². The Morgan fingerprint density at radius 2 is 1.57 bits per heavy atom. The molecule has 0 spiro atoms. The third kappa shape index (κ3) is 43.6. The molecular weight excluding hydrogens is 188 g/mol. The molecule has 5 nitrogen and oxygen atoms in total. The number of ether oxygens (including phenoxy) is 1. The molecule has 0 unspecified atom stereocenters. The van der Waals surface area contributed by atoms with Crippen LogP contribution in [0.15, 0.2) is 12.2 Å². The van der Waals surface area contributed by atoms with Crippen molar-refractivity contribution >= 4 is 5.97 Å². The topological polar surface area (TPSA) is 87.0 Å². The molecule has 0 radical (unpaired) electrons. The first-order chi connectivity index (χ1) is 6.47. The van der Waals surface area contributed by atoms with Crippen molar-refractivity contribution in [1.29, 1.82) is 0 Å². The number of rotatable bonds is 3. The van der Waals surface area contributed by atoms with Crippen molar-refractivity contribution in [1.82, 2.24) is 0 Å². The number of aliphatic hydroxyl groups is 2. The van der Waals surface area contributed by atoms with Gasteiger partial charge >= 0.3 is 5.97 Å². The quantitative estimate of drug-likeness (QED) is 0.579. The molecule has 0 saturated heterocycles. The highest BCUT2D eigenvalue weighted by Crippen LogP contribution is 1.81. The van der Waals surface area contributed by atoms with E-state index < -0.39 is 5.97 Å². The second-order valence-electron chi connectivity index (χ2n) is 2.11. The van der Waals surface area contributed by atoms with Crippen LogP contribution >= 0.6 is 0 Å². The van der Waals surface area contributed by atoms with Gasteiger partial charge in [-0.05, 0) is 13.8 Å². The van der Waals surface area contributed by atoms with Crippen LogP contribution in [-0.2, 0) is 9.53 Å². The number of hydrogen-bond acceptors (Lipinski definition) is 4. The van der Waals surface area contributed by atoms with Gasteiger partial charge in [0.15, 0.2) is 0 Å². The first kappa shape index (κ1) is 18.8. The Kier molecular flexibility index (Phi) is 24.2. The van der Waals surface area contributed by atoms with Gasteiger partial charge < -0.3 is 20.1 Å². The highest BCUT2D eigenvalue weighted by Gasteiger charge is 1.90. The summed E-state index contributed by atoms with van der Waals surface area (Å²) in [5.41, 5.74) is 0.176. The molecule has 0 aromatic carbocycles.